The summed E-state index contributed by atoms with van der Waals surface area (Å²) < 4.78 is 22.0. The van der Waals surface area contributed by atoms with Gasteiger partial charge in [-0.3, -0.25) is 9.59 Å². The van der Waals surface area contributed by atoms with Crippen LogP contribution in [0, 0.1) is 11.8 Å². The zero-order valence-electron chi connectivity index (χ0n) is 18.0. The first-order chi connectivity index (χ1) is 15.5. The van der Waals surface area contributed by atoms with E-state index in [2.05, 4.69) is 5.32 Å². The third kappa shape index (κ3) is 3.02. The monoisotopic (exact) mass is 436 g/mol. The van der Waals surface area contributed by atoms with Crippen molar-refractivity contribution in [2.75, 3.05) is 38.1 Å². The maximum atomic E-state index is 13.5. The van der Waals surface area contributed by atoms with Crippen LogP contribution in [0.25, 0.3) is 0 Å². The molecule has 1 spiro atoms. The molecule has 3 heterocycles. The molecular formula is C24H24N2O6. The molecular weight excluding hydrogens is 412 g/mol. The molecule has 4 atom stereocenters. The molecule has 0 aromatic heterocycles. The summed E-state index contributed by atoms with van der Waals surface area (Å²) in [6, 6.07) is 12.4. The van der Waals surface area contributed by atoms with Gasteiger partial charge >= 0.3 is 0 Å². The molecule has 1 N–H and O–H groups in total. The van der Waals surface area contributed by atoms with Gasteiger partial charge in [0.25, 0.3) is 0 Å². The second-order valence-electron chi connectivity index (χ2n) is 8.08. The Morgan fingerprint density at radius 1 is 1.06 bits per heavy atom. The predicted molar refractivity (Wildman–Crippen MR) is 117 cm³/mol. The van der Waals surface area contributed by atoms with Gasteiger partial charge in [-0.15, -0.1) is 0 Å². The molecule has 8 nitrogen and oxygen atoms in total. The van der Waals surface area contributed by atoms with Gasteiger partial charge in [0, 0.05) is 11.8 Å². The van der Waals surface area contributed by atoms with Crippen molar-refractivity contribution in [2.45, 2.75) is 11.7 Å². The van der Waals surface area contributed by atoms with Crippen molar-refractivity contribution in [3.63, 3.8) is 0 Å². The van der Waals surface area contributed by atoms with E-state index in [1.54, 1.807) is 37.3 Å². The molecule has 2 fully saturated rings. The van der Waals surface area contributed by atoms with E-state index in [1.807, 2.05) is 36.4 Å². The number of nitrogens with one attached hydrogen (secondary N) is 1. The first-order valence-electron chi connectivity index (χ1n) is 10.3. The smallest absolute Gasteiger partial charge is 0.234 e. The molecule has 0 radical (unpaired) electrons. The summed E-state index contributed by atoms with van der Waals surface area (Å²) in [6.07, 6.45) is 3.38. The molecule has 2 aromatic carbocycles. The summed E-state index contributed by atoms with van der Waals surface area (Å²) in [5.74, 6) is 0.173. The number of hydrogen-bond donors (Lipinski definition) is 1. The van der Waals surface area contributed by atoms with Gasteiger partial charge in [0.15, 0.2) is 0 Å². The third-order valence-corrected chi connectivity index (χ3v) is 6.45. The van der Waals surface area contributed by atoms with Crippen LogP contribution in [0.4, 0.5) is 11.4 Å². The number of nitrogens with zero attached hydrogens (tertiary/aromatic N) is 1. The number of anilines is 2. The summed E-state index contributed by atoms with van der Waals surface area (Å²) in [7, 11) is 4.68. The Bertz CT molecular complexity index is 1100. The highest BCUT2D eigenvalue weighted by molar-refractivity contribution is 6.05. The number of ether oxygens (including phenoxy) is 4. The molecule has 0 aliphatic carbocycles. The van der Waals surface area contributed by atoms with E-state index in [1.165, 1.54) is 7.11 Å². The molecule has 32 heavy (non-hydrogen) atoms. The molecule has 2 amide bonds. The first-order valence-corrected chi connectivity index (χ1v) is 10.3. The fourth-order valence-corrected chi connectivity index (χ4v) is 4.90. The number of amides is 2. The van der Waals surface area contributed by atoms with Crippen molar-refractivity contribution in [3.8, 4) is 17.2 Å². The summed E-state index contributed by atoms with van der Waals surface area (Å²) in [5, 5.41) is 2.92. The molecule has 8 heteroatoms. The topological polar surface area (TPSA) is 86.3 Å². The van der Waals surface area contributed by atoms with Gasteiger partial charge in [0.1, 0.15) is 22.8 Å². The minimum Gasteiger partial charge on any atom is -0.497 e. The van der Waals surface area contributed by atoms with Crippen LogP contribution in [-0.4, -0.2) is 51.4 Å². The van der Waals surface area contributed by atoms with Crippen molar-refractivity contribution in [3.05, 3.63) is 54.6 Å². The Kier molecular flexibility index (Phi) is 4.82. The van der Waals surface area contributed by atoms with Crippen LogP contribution in [-0.2, 0) is 14.3 Å². The van der Waals surface area contributed by atoms with E-state index in [0.717, 1.165) is 5.69 Å². The lowest BCUT2D eigenvalue weighted by molar-refractivity contribution is -0.128. The molecule has 0 unspecified atom stereocenters. The number of hydrogen-bond acceptors (Lipinski definition) is 6. The fourth-order valence-electron chi connectivity index (χ4n) is 4.90. The molecule has 2 saturated heterocycles. The van der Waals surface area contributed by atoms with Crippen LogP contribution in [0.1, 0.15) is 0 Å². The van der Waals surface area contributed by atoms with Crippen LogP contribution in [0.2, 0.25) is 0 Å². The molecule has 5 rings (SSSR count). The molecule has 3 aliphatic rings. The van der Waals surface area contributed by atoms with Crippen molar-refractivity contribution < 1.29 is 28.5 Å². The largest absolute Gasteiger partial charge is 0.497 e. The van der Waals surface area contributed by atoms with Gasteiger partial charge in [-0.05, 0) is 36.4 Å². The van der Waals surface area contributed by atoms with Crippen molar-refractivity contribution in [1.82, 2.24) is 0 Å². The van der Waals surface area contributed by atoms with Gasteiger partial charge in [-0.2, -0.15) is 0 Å². The predicted octanol–water partition coefficient (Wildman–Crippen LogP) is 2.64. The second-order valence-corrected chi connectivity index (χ2v) is 8.08. The normalized spacial score (nSPS) is 27.4. The van der Waals surface area contributed by atoms with Gasteiger partial charge < -0.3 is 29.2 Å². The summed E-state index contributed by atoms with van der Waals surface area (Å²) >= 11 is 0. The van der Waals surface area contributed by atoms with Crippen molar-refractivity contribution in [2.24, 2.45) is 11.8 Å². The van der Waals surface area contributed by atoms with Gasteiger partial charge in [0.05, 0.1) is 51.5 Å². The average molecular weight is 436 g/mol. The Labute approximate surface area is 185 Å². The molecule has 2 bridgehead atoms. The highest BCUT2D eigenvalue weighted by Gasteiger charge is 2.67. The number of fused-ring (bicyclic) bond motifs is 1. The van der Waals surface area contributed by atoms with Crippen molar-refractivity contribution >= 4 is 23.2 Å². The second kappa shape index (κ2) is 7.56. The summed E-state index contributed by atoms with van der Waals surface area (Å²) in [4.78, 5) is 28.5. The van der Waals surface area contributed by atoms with E-state index in [0.29, 0.717) is 29.5 Å². The van der Waals surface area contributed by atoms with Crippen LogP contribution in [0.5, 0.6) is 17.2 Å². The quantitative estimate of drug-likeness (QED) is 0.701. The third-order valence-electron chi connectivity index (χ3n) is 6.45. The number of carbonyl (C=O) groups excluding carboxylic acids is 2. The maximum Gasteiger partial charge on any atom is 0.234 e. The fraction of sp³-hybridized carbons (Fsp3) is 0.333. The Balaban J connectivity index is 1.41. The van der Waals surface area contributed by atoms with Crippen LogP contribution < -0.4 is 24.4 Å². The lowest BCUT2D eigenvalue weighted by atomic mass is 9.76. The standard InChI is InChI=1S/C24H24N2O6/c1-29-15-6-4-14(5-7-15)26-13-24-11-10-18(32-24)20(21(24)23(26)28)22(27)25-17-9-8-16(30-2)12-19(17)31-3/h4-12,18,20-21H,13H2,1-3H3,(H,25,27)/t18-,20-,21-,24-/m1/s1. The van der Waals surface area contributed by atoms with Crippen LogP contribution >= 0.6 is 0 Å². The highest BCUT2D eigenvalue weighted by Crippen LogP contribution is 2.53. The van der Waals surface area contributed by atoms with E-state index in [9.17, 15) is 9.59 Å². The summed E-state index contributed by atoms with van der Waals surface area (Å²) in [6.45, 7) is 0.367. The van der Waals surface area contributed by atoms with Crippen LogP contribution in [0.15, 0.2) is 54.6 Å². The molecule has 166 valence electrons. The minimum atomic E-state index is -0.798. The van der Waals surface area contributed by atoms with Crippen LogP contribution in [0.3, 0.4) is 0 Å². The number of benzene rings is 2. The SMILES string of the molecule is COc1ccc(N2C[C@@]34C=C[C@@H](O3)[C@@H](C(=O)Nc3ccc(OC)cc3OC)[C@@H]4C2=O)cc1. The Hall–Kier alpha value is -3.52. The zero-order chi connectivity index (χ0) is 22.5. The van der Waals surface area contributed by atoms with E-state index in [-0.39, 0.29) is 11.8 Å². The average Bonchev–Trinajstić information content (AvgIpc) is 3.47. The minimum absolute atomic E-state index is 0.121. The van der Waals surface area contributed by atoms with Gasteiger partial charge in [0.2, 0.25) is 11.8 Å². The van der Waals surface area contributed by atoms with Gasteiger partial charge in [-0.25, -0.2) is 0 Å². The number of carbonyl (C=O) groups is 2. The zero-order valence-corrected chi connectivity index (χ0v) is 18.0. The molecule has 2 aromatic rings. The number of methoxy groups -OCH3 is 3. The Morgan fingerprint density at radius 3 is 2.47 bits per heavy atom. The Morgan fingerprint density at radius 2 is 1.78 bits per heavy atom. The van der Waals surface area contributed by atoms with E-state index >= 15 is 0 Å². The maximum absolute atomic E-state index is 13.5. The lowest BCUT2D eigenvalue weighted by Gasteiger charge is -2.24. The molecule has 3 aliphatic heterocycles. The number of rotatable bonds is 6. The highest BCUT2D eigenvalue weighted by atomic mass is 16.5. The van der Waals surface area contributed by atoms with Crippen molar-refractivity contribution in [1.29, 1.82) is 0 Å². The van der Waals surface area contributed by atoms with E-state index < -0.39 is 23.5 Å². The lowest BCUT2D eigenvalue weighted by Crippen LogP contribution is -2.41. The molecule has 0 saturated carbocycles. The van der Waals surface area contributed by atoms with Gasteiger partial charge in [-0.1, -0.05) is 12.2 Å². The first kappa shape index (κ1) is 20.4. The summed E-state index contributed by atoms with van der Waals surface area (Å²) in [5.41, 5.74) is 0.459. The van der Waals surface area contributed by atoms with E-state index in [4.69, 9.17) is 18.9 Å².